The van der Waals surface area contributed by atoms with Crippen molar-refractivity contribution in [3.63, 3.8) is 0 Å². The van der Waals surface area contributed by atoms with Crippen LogP contribution in [0, 0.1) is 5.41 Å². The molecule has 0 spiro atoms. The SMILES string of the molecule is COCc1c(C2C=C(N(C)c3ccc(N4CCN(C5COC5)CC4)cn3)C(=O)N(C)C2)ccnc1-n1ccn2c3c(cc2c1=O)CC(C)(C)C3. The van der Waals surface area contributed by atoms with Gasteiger partial charge in [0.1, 0.15) is 22.8 Å². The highest BCUT2D eigenvalue weighted by atomic mass is 16.5. The zero-order chi connectivity index (χ0) is 34.7. The summed E-state index contributed by atoms with van der Waals surface area (Å²) in [7, 11) is 5.36. The number of carbonyl (C=O) groups excluding carboxylic acids is 1. The molecule has 2 saturated heterocycles. The van der Waals surface area contributed by atoms with E-state index in [4.69, 9.17) is 19.4 Å². The summed E-state index contributed by atoms with van der Waals surface area (Å²) in [5, 5.41) is 0. The molecule has 7 heterocycles. The number of piperazine rings is 1. The molecular formula is C38H46N8O4. The Morgan fingerprint density at radius 1 is 1.04 bits per heavy atom. The quantitative estimate of drug-likeness (QED) is 0.278. The Labute approximate surface area is 292 Å². The zero-order valence-electron chi connectivity index (χ0n) is 29.6. The van der Waals surface area contributed by atoms with Gasteiger partial charge in [-0.15, -0.1) is 0 Å². The Balaban J connectivity index is 1.08. The number of fused-ring (bicyclic) bond motifs is 3. The number of hydrogen-bond acceptors (Lipinski definition) is 9. The molecule has 12 heteroatoms. The lowest BCUT2D eigenvalue weighted by Gasteiger charge is -2.43. The largest absolute Gasteiger partial charge is 0.380 e. The molecule has 12 nitrogen and oxygen atoms in total. The van der Waals surface area contributed by atoms with E-state index in [0.717, 1.165) is 69.0 Å². The standard InChI is InChI=1S/C38H46N8O4/c1-38(2)18-25-16-32-37(48)46(15-14-45(32)33(25)19-38)35-30(24-49-5)29(8-9-39-35)26-17-31(36(47)41(3)21-26)42(4)34-7-6-27(20-40-34)43-10-12-44(13-11-43)28-22-50-23-28/h6-9,14-17,20,26,28H,10-13,18-19,21-24H2,1-5H3. The number of amides is 1. The van der Waals surface area contributed by atoms with Crippen molar-refractivity contribution in [3.05, 3.63) is 93.6 Å². The van der Waals surface area contributed by atoms with Crippen LogP contribution in [0.5, 0.6) is 0 Å². The van der Waals surface area contributed by atoms with Crippen LogP contribution in [0.1, 0.15) is 42.1 Å². The highest BCUT2D eigenvalue weighted by Crippen LogP contribution is 2.38. The molecule has 2 fully saturated rings. The first kappa shape index (κ1) is 32.7. The van der Waals surface area contributed by atoms with Gasteiger partial charge < -0.3 is 28.6 Å². The van der Waals surface area contributed by atoms with Crippen LogP contribution in [0.3, 0.4) is 0 Å². The van der Waals surface area contributed by atoms with Crippen molar-refractivity contribution in [2.75, 3.05) is 76.9 Å². The molecule has 262 valence electrons. The lowest BCUT2D eigenvalue weighted by Crippen LogP contribution is -2.56. The fourth-order valence-electron chi connectivity index (χ4n) is 8.17. The summed E-state index contributed by atoms with van der Waals surface area (Å²) < 4.78 is 14.8. The van der Waals surface area contributed by atoms with Gasteiger partial charge in [0.2, 0.25) is 0 Å². The summed E-state index contributed by atoms with van der Waals surface area (Å²) in [5.41, 5.74) is 6.60. The van der Waals surface area contributed by atoms with Gasteiger partial charge in [-0.05, 0) is 59.7 Å². The molecule has 3 aliphatic heterocycles. The van der Waals surface area contributed by atoms with Crippen LogP contribution < -0.4 is 15.4 Å². The number of anilines is 2. The summed E-state index contributed by atoms with van der Waals surface area (Å²) in [4.78, 5) is 45.6. The lowest BCUT2D eigenvalue weighted by atomic mass is 9.90. The van der Waals surface area contributed by atoms with Gasteiger partial charge in [0.25, 0.3) is 11.5 Å². The van der Waals surface area contributed by atoms with Crippen LogP contribution in [-0.4, -0.2) is 108 Å². The van der Waals surface area contributed by atoms with Crippen LogP contribution in [0.2, 0.25) is 0 Å². The van der Waals surface area contributed by atoms with Crippen molar-refractivity contribution in [2.45, 2.75) is 45.3 Å². The van der Waals surface area contributed by atoms with Crippen molar-refractivity contribution < 1.29 is 14.3 Å². The minimum absolute atomic E-state index is 0.0700. The number of aromatic nitrogens is 4. The van der Waals surface area contributed by atoms with Gasteiger partial charge in [0.15, 0.2) is 0 Å². The number of ether oxygens (including phenoxy) is 2. The van der Waals surface area contributed by atoms with Crippen molar-refractivity contribution in [2.24, 2.45) is 5.41 Å². The van der Waals surface area contributed by atoms with Gasteiger partial charge in [-0.25, -0.2) is 9.97 Å². The molecule has 0 bridgehead atoms. The van der Waals surface area contributed by atoms with E-state index < -0.39 is 0 Å². The highest BCUT2D eigenvalue weighted by molar-refractivity contribution is 5.97. The van der Waals surface area contributed by atoms with E-state index in [1.807, 2.05) is 66.3 Å². The molecule has 0 saturated carbocycles. The third-order valence-electron chi connectivity index (χ3n) is 11.0. The minimum Gasteiger partial charge on any atom is -0.380 e. The lowest BCUT2D eigenvalue weighted by molar-refractivity contribution is -0.126. The molecule has 4 aromatic rings. The Hall–Kier alpha value is -4.52. The van der Waals surface area contributed by atoms with Crippen molar-refractivity contribution >= 4 is 22.9 Å². The number of nitrogens with zero attached hydrogens (tertiary/aromatic N) is 8. The molecule has 4 aromatic heterocycles. The second kappa shape index (κ2) is 12.7. The molecular weight excluding hydrogens is 632 g/mol. The number of methoxy groups -OCH3 is 1. The molecule has 4 aliphatic rings. The van der Waals surface area contributed by atoms with E-state index in [1.54, 1.807) is 22.8 Å². The maximum Gasteiger partial charge on any atom is 0.280 e. The van der Waals surface area contributed by atoms with E-state index in [-0.39, 0.29) is 29.4 Å². The van der Waals surface area contributed by atoms with E-state index in [1.165, 1.54) is 11.3 Å². The van der Waals surface area contributed by atoms with Gasteiger partial charge in [-0.3, -0.25) is 19.1 Å². The molecule has 1 amide bonds. The fraction of sp³-hybridized carbons (Fsp3) is 0.474. The molecule has 0 aromatic carbocycles. The minimum atomic E-state index is -0.155. The fourth-order valence-corrected chi connectivity index (χ4v) is 8.17. The molecule has 8 rings (SSSR count). The van der Waals surface area contributed by atoms with E-state index in [2.05, 4.69) is 29.7 Å². The summed E-state index contributed by atoms with van der Waals surface area (Å²) in [6.45, 7) is 10.9. The first-order valence-electron chi connectivity index (χ1n) is 17.6. The maximum absolute atomic E-state index is 14.0. The Kier molecular flexibility index (Phi) is 8.28. The molecule has 1 aliphatic carbocycles. The van der Waals surface area contributed by atoms with Crippen LogP contribution in [0.4, 0.5) is 11.5 Å². The number of likely N-dealkylation sites (N-methyl/N-ethyl adjacent to an activating group) is 2. The molecule has 50 heavy (non-hydrogen) atoms. The third kappa shape index (κ3) is 5.69. The topological polar surface area (TPSA) is 101 Å². The third-order valence-corrected chi connectivity index (χ3v) is 11.0. The molecule has 1 unspecified atom stereocenters. The number of pyridine rings is 2. The van der Waals surface area contributed by atoms with Crippen LogP contribution in [0.25, 0.3) is 11.3 Å². The van der Waals surface area contributed by atoms with Crippen molar-refractivity contribution in [1.82, 2.24) is 28.7 Å². The highest BCUT2D eigenvalue weighted by Gasteiger charge is 2.34. The number of carbonyl (C=O) groups is 1. The van der Waals surface area contributed by atoms with Crippen LogP contribution in [-0.2, 0) is 33.7 Å². The maximum atomic E-state index is 14.0. The van der Waals surface area contributed by atoms with Gasteiger partial charge in [0, 0.05) is 89.7 Å². The Morgan fingerprint density at radius 2 is 1.84 bits per heavy atom. The van der Waals surface area contributed by atoms with Crippen LogP contribution in [0.15, 0.2) is 65.6 Å². The van der Waals surface area contributed by atoms with Gasteiger partial charge in [-0.2, -0.15) is 0 Å². The Morgan fingerprint density at radius 3 is 2.54 bits per heavy atom. The molecule has 1 atom stereocenters. The van der Waals surface area contributed by atoms with E-state index >= 15 is 0 Å². The average molecular weight is 679 g/mol. The van der Waals surface area contributed by atoms with E-state index in [9.17, 15) is 9.59 Å². The van der Waals surface area contributed by atoms with Crippen molar-refractivity contribution in [3.8, 4) is 5.82 Å². The van der Waals surface area contributed by atoms with E-state index in [0.29, 0.717) is 35.4 Å². The number of hydrogen-bond donors (Lipinski definition) is 0. The van der Waals surface area contributed by atoms with Gasteiger partial charge >= 0.3 is 0 Å². The second-order valence-electron chi connectivity index (χ2n) is 15.0. The monoisotopic (exact) mass is 678 g/mol. The Bertz CT molecular complexity index is 2020. The van der Waals surface area contributed by atoms with Gasteiger partial charge in [-0.1, -0.05) is 13.8 Å². The summed E-state index contributed by atoms with van der Waals surface area (Å²) in [5.74, 6) is 1.01. The normalized spacial score (nSPS) is 21.0. The molecule has 0 N–H and O–H groups in total. The first-order chi connectivity index (χ1) is 24.1. The first-order valence-corrected chi connectivity index (χ1v) is 17.6. The predicted molar refractivity (Wildman–Crippen MR) is 192 cm³/mol. The van der Waals surface area contributed by atoms with Crippen LogP contribution >= 0.6 is 0 Å². The summed E-state index contributed by atoms with van der Waals surface area (Å²) in [6, 6.07) is 8.66. The van der Waals surface area contributed by atoms with Crippen molar-refractivity contribution in [1.29, 1.82) is 0 Å². The number of rotatable bonds is 8. The summed E-state index contributed by atoms with van der Waals surface area (Å²) in [6.07, 6.45) is 11.4. The van der Waals surface area contributed by atoms with Gasteiger partial charge in [0.05, 0.1) is 37.7 Å². The smallest absolute Gasteiger partial charge is 0.280 e. The summed E-state index contributed by atoms with van der Waals surface area (Å²) >= 11 is 0. The average Bonchev–Trinajstić information content (AvgIpc) is 3.58. The molecule has 0 radical (unpaired) electrons. The zero-order valence-corrected chi connectivity index (χ0v) is 29.6. The predicted octanol–water partition coefficient (Wildman–Crippen LogP) is 3.25. The second-order valence-corrected chi connectivity index (χ2v) is 15.0.